The molecule has 0 N–H and O–H groups in total. The van der Waals surface area contributed by atoms with Crippen LogP contribution in [0.4, 0.5) is 19.3 Å². The van der Waals surface area contributed by atoms with Crippen LogP contribution in [0.5, 0.6) is 0 Å². The van der Waals surface area contributed by atoms with E-state index >= 15 is 0 Å². The monoisotopic (exact) mass is 387 g/mol. The van der Waals surface area contributed by atoms with Gasteiger partial charge < -0.3 is 14.7 Å². The van der Waals surface area contributed by atoms with E-state index in [0.29, 0.717) is 19.6 Å². The molecule has 0 saturated carbocycles. The third-order valence-corrected chi connectivity index (χ3v) is 5.21. The molecule has 1 aromatic rings. The second-order valence-electron chi connectivity index (χ2n) is 6.16. The first-order valence-corrected chi connectivity index (χ1v) is 8.72. The lowest BCUT2D eigenvalue weighted by Crippen LogP contribution is -2.56. The molecule has 1 atom stereocenters. The van der Waals surface area contributed by atoms with Gasteiger partial charge >= 0.3 is 6.03 Å². The topological polar surface area (TPSA) is 26.8 Å². The molecule has 2 aliphatic rings. The van der Waals surface area contributed by atoms with E-state index in [4.69, 9.17) is 0 Å². The second kappa shape index (κ2) is 6.63. The van der Waals surface area contributed by atoms with Gasteiger partial charge in [0, 0.05) is 38.8 Å². The Morgan fingerprint density at radius 1 is 1.09 bits per heavy atom. The van der Waals surface area contributed by atoms with Gasteiger partial charge in [0.1, 0.15) is 0 Å². The maximum atomic E-state index is 14.2. The van der Waals surface area contributed by atoms with Crippen molar-refractivity contribution in [2.24, 2.45) is 0 Å². The highest BCUT2D eigenvalue weighted by Gasteiger charge is 2.32. The Balaban J connectivity index is 1.71. The summed E-state index contributed by atoms with van der Waals surface area (Å²) in [6, 6.07) is 3.10. The quantitative estimate of drug-likeness (QED) is 0.689. The van der Waals surface area contributed by atoms with E-state index in [-0.39, 0.29) is 22.2 Å². The highest BCUT2D eigenvalue weighted by atomic mass is 79.9. The van der Waals surface area contributed by atoms with Crippen LogP contribution in [0.3, 0.4) is 0 Å². The van der Waals surface area contributed by atoms with Gasteiger partial charge in [0.15, 0.2) is 11.6 Å². The fourth-order valence-electron chi connectivity index (χ4n) is 3.34. The van der Waals surface area contributed by atoms with E-state index in [1.807, 2.05) is 21.6 Å². The molecule has 2 saturated heterocycles. The molecule has 0 aromatic heterocycles. The number of piperazine rings is 1. The summed E-state index contributed by atoms with van der Waals surface area (Å²) >= 11 is 2.99. The number of hydrogen-bond donors (Lipinski definition) is 0. The van der Waals surface area contributed by atoms with Crippen LogP contribution in [-0.4, -0.2) is 54.6 Å². The molecular formula is C16H20BrF2N3O. The summed E-state index contributed by atoms with van der Waals surface area (Å²) < 4.78 is 28.1. The van der Waals surface area contributed by atoms with Crippen molar-refractivity contribution in [2.45, 2.75) is 25.8 Å². The minimum atomic E-state index is -0.870. The zero-order valence-electron chi connectivity index (χ0n) is 13.1. The average molecular weight is 388 g/mol. The van der Waals surface area contributed by atoms with E-state index in [1.165, 1.54) is 6.07 Å². The Bertz CT molecular complexity index is 607. The van der Waals surface area contributed by atoms with Gasteiger partial charge in [0.2, 0.25) is 0 Å². The number of nitrogens with zero attached hydrogens (tertiary/aromatic N) is 3. The molecule has 0 radical (unpaired) electrons. The lowest BCUT2D eigenvalue weighted by molar-refractivity contribution is 0.153. The molecule has 2 fully saturated rings. The van der Waals surface area contributed by atoms with Crippen molar-refractivity contribution < 1.29 is 13.6 Å². The molecule has 4 nitrogen and oxygen atoms in total. The van der Waals surface area contributed by atoms with Crippen LogP contribution in [0, 0.1) is 11.6 Å². The van der Waals surface area contributed by atoms with Crippen LogP contribution in [-0.2, 0) is 0 Å². The molecule has 126 valence electrons. The number of benzene rings is 1. The number of halogens is 3. The Hall–Kier alpha value is -1.37. The van der Waals surface area contributed by atoms with Gasteiger partial charge in [-0.1, -0.05) is 0 Å². The highest BCUT2D eigenvalue weighted by Crippen LogP contribution is 2.29. The van der Waals surface area contributed by atoms with Gasteiger partial charge in [-0.2, -0.15) is 0 Å². The fraction of sp³-hybridized carbons (Fsp3) is 0.562. The van der Waals surface area contributed by atoms with Gasteiger partial charge in [0.05, 0.1) is 10.2 Å². The summed E-state index contributed by atoms with van der Waals surface area (Å²) in [5.74, 6) is -1.71. The Kier molecular flexibility index (Phi) is 4.75. The van der Waals surface area contributed by atoms with Crippen LogP contribution >= 0.6 is 15.9 Å². The number of urea groups is 1. The first-order chi connectivity index (χ1) is 11.0. The average Bonchev–Trinajstić information content (AvgIpc) is 3.07. The molecule has 1 aromatic carbocycles. The van der Waals surface area contributed by atoms with Crippen molar-refractivity contribution in [2.75, 3.05) is 37.6 Å². The largest absolute Gasteiger partial charge is 0.363 e. The molecule has 2 heterocycles. The fourth-order valence-corrected chi connectivity index (χ4v) is 3.64. The van der Waals surface area contributed by atoms with E-state index in [0.717, 1.165) is 25.9 Å². The second-order valence-corrected chi connectivity index (χ2v) is 7.01. The summed E-state index contributed by atoms with van der Waals surface area (Å²) in [5.41, 5.74) is 0.256. The van der Waals surface area contributed by atoms with Gasteiger partial charge in [-0.3, -0.25) is 0 Å². The molecule has 7 heteroatoms. The predicted molar refractivity (Wildman–Crippen MR) is 88.6 cm³/mol. The standard InChI is InChI=1S/C16H20BrF2N3O/c1-11-10-21(16(23)20-6-2-3-7-20)8-9-22(11)13-5-4-12(17)14(18)15(13)19/h4-5,11H,2-3,6-10H2,1H3/t11-/m1/s1. The molecule has 3 rings (SSSR count). The van der Waals surface area contributed by atoms with Crippen molar-refractivity contribution >= 4 is 27.6 Å². The summed E-state index contributed by atoms with van der Waals surface area (Å²) in [6.07, 6.45) is 2.12. The zero-order chi connectivity index (χ0) is 16.6. The Labute approximate surface area is 143 Å². The normalized spacial score (nSPS) is 21.9. The lowest BCUT2D eigenvalue weighted by Gasteiger charge is -2.42. The van der Waals surface area contributed by atoms with Crippen molar-refractivity contribution in [1.29, 1.82) is 0 Å². The molecule has 2 aliphatic heterocycles. The number of anilines is 1. The summed E-state index contributed by atoms with van der Waals surface area (Å²) in [6.45, 7) is 5.12. The van der Waals surface area contributed by atoms with E-state index < -0.39 is 11.6 Å². The molecule has 0 spiro atoms. The SMILES string of the molecule is C[C@@H]1CN(C(=O)N2CCCC2)CCN1c1ccc(Br)c(F)c1F. The number of carbonyl (C=O) groups is 1. The minimum absolute atomic E-state index is 0.0645. The molecule has 23 heavy (non-hydrogen) atoms. The number of carbonyl (C=O) groups excluding carboxylic acids is 1. The molecular weight excluding hydrogens is 368 g/mol. The third-order valence-electron chi connectivity index (χ3n) is 4.60. The van der Waals surface area contributed by atoms with Gasteiger partial charge in [-0.25, -0.2) is 13.6 Å². The number of amides is 2. The van der Waals surface area contributed by atoms with Crippen molar-refractivity contribution in [3.8, 4) is 0 Å². The zero-order valence-corrected chi connectivity index (χ0v) is 14.7. The van der Waals surface area contributed by atoms with Crippen molar-refractivity contribution in [1.82, 2.24) is 9.80 Å². The number of hydrogen-bond acceptors (Lipinski definition) is 2. The van der Waals surface area contributed by atoms with Crippen LogP contribution < -0.4 is 4.90 Å². The summed E-state index contributed by atoms with van der Waals surface area (Å²) in [4.78, 5) is 18.0. The highest BCUT2D eigenvalue weighted by molar-refractivity contribution is 9.10. The number of likely N-dealkylation sites (tertiary alicyclic amines) is 1. The van der Waals surface area contributed by atoms with E-state index in [2.05, 4.69) is 15.9 Å². The van der Waals surface area contributed by atoms with E-state index in [9.17, 15) is 13.6 Å². The minimum Gasteiger partial charge on any atom is -0.363 e. The lowest BCUT2D eigenvalue weighted by atomic mass is 10.1. The summed E-state index contributed by atoms with van der Waals surface area (Å²) in [5, 5.41) is 0. The van der Waals surface area contributed by atoms with Gasteiger partial charge in [-0.15, -0.1) is 0 Å². The van der Waals surface area contributed by atoms with Crippen molar-refractivity contribution in [3.05, 3.63) is 28.2 Å². The predicted octanol–water partition coefficient (Wildman–Crippen LogP) is 3.45. The molecule has 0 aliphatic carbocycles. The molecule has 2 amide bonds. The van der Waals surface area contributed by atoms with Crippen molar-refractivity contribution in [3.63, 3.8) is 0 Å². The molecule has 0 unspecified atom stereocenters. The summed E-state index contributed by atoms with van der Waals surface area (Å²) in [7, 11) is 0. The van der Waals surface area contributed by atoms with Gasteiger partial charge in [0.25, 0.3) is 0 Å². The van der Waals surface area contributed by atoms with Crippen LogP contribution in [0.15, 0.2) is 16.6 Å². The third kappa shape index (κ3) is 3.16. The van der Waals surface area contributed by atoms with Crippen LogP contribution in [0.1, 0.15) is 19.8 Å². The number of rotatable bonds is 1. The smallest absolute Gasteiger partial charge is 0.320 e. The van der Waals surface area contributed by atoms with E-state index in [1.54, 1.807) is 6.07 Å². The van der Waals surface area contributed by atoms with Gasteiger partial charge in [-0.05, 0) is 47.8 Å². The van der Waals surface area contributed by atoms with Crippen LogP contribution in [0.25, 0.3) is 0 Å². The Morgan fingerprint density at radius 2 is 1.78 bits per heavy atom. The maximum Gasteiger partial charge on any atom is 0.320 e. The maximum absolute atomic E-state index is 14.2. The first-order valence-electron chi connectivity index (χ1n) is 7.93. The Morgan fingerprint density at radius 3 is 2.43 bits per heavy atom. The van der Waals surface area contributed by atoms with Crippen LogP contribution in [0.2, 0.25) is 0 Å². The first kappa shape index (κ1) is 16.5. The molecule has 0 bridgehead atoms.